The predicted molar refractivity (Wildman–Crippen MR) is 69.3 cm³/mol. The Labute approximate surface area is 103 Å². The Morgan fingerprint density at radius 3 is 2.76 bits per heavy atom. The lowest BCUT2D eigenvalue weighted by Crippen LogP contribution is -2.32. The van der Waals surface area contributed by atoms with Gasteiger partial charge in [-0.05, 0) is 38.0 Å². The van der Waals surface area contributed by atoms with Gasteiger partial charge in [0.05, 0.1) is 0 Å². The number of hydrogen-bond donors (Lipinski definition) is 1. The van der Waals surface area contributed by atoms with Crippen LogP contribution in [-0.4, -0.2) is 29.9 Å². The molecule has 0 bridgehead atoms. The maximum atomic E-state index is 11.9. The van der Waals surface area contributed by atoms with Gasteiger partial charge in [0.25, 0.3) is 0 Å². The minimum absolute atomic E-state index is 0.145. The van der Waals surface area contributed by atoms with Crippen molar-refractivity contribution in [3.05, 3.63) is 24.3 Å². The highest BCUT2D eigenvalue weighted by atomic mass is 16.2. The molecule has 2 fully saturated rings. The van der Waals surface area contributed by atoms with Gasteiger partial charge in [-0.25, -0.2) is 0 Å². The lowest BCUT2D eigenvalue weighted by atomic mass is 9.79. The van der Waals surface area contributed by atoms with Gasteiger partial charge < -0.3 is 10.6 Å². The maximum Gasteiger partial charge on any atom is 0.246 e. The molecule has 0 aromatic rings. The van der Waals surface area contributed by atoms with E-state index in [1.807, 2.05) is 30.1 Å². The maximum absolute atomic E-state index is 11.9. The number of amides is 1. The van der Waals surface area contributed by atoms with Crippen molar-refractivity contribution in [1.82, 2.24) is 4.90 Å². The molecule has 0 radical (unpaired) electrons. The van der Waals surface area contributed by atoms with E-state index in [9.17, 15) is 4.79 Å². The first kappa shape index (κ1) is 12.4. The third-order valence-electron chi connectivity index (χ3n) is 3.94. The summed E-state index contributed by atoms with van der Waals surface area (Å²) in [5.74, 6) is 1.47. The number of allylic oxidation sites excluding steroid dienone is 3. The molecular formula is C14H22N2O. The fourth-order valence-corrected chi connectivity index (χ4v) is 3.00. The van der Waals surface area contributed by atoms with Crippen molar-refractivity contribution < 1.29 is 4.79 Å². The van der Waals surface area contributed by atoms with Crippen LogP contribution in [-0.2, 0) is 4.79 Å². The standard InChI is InChI=1S/C14H22N2O/c1-2-3-4-5-14(17)16-9-11-6-7-13(15)8-12(11)10-16/h2-5,11-13H,6-10,15H2,1H3/b3-2+,5-4+/t11-,12+,13?/m0/s1. The van der Waals surface area contributed by atoms with Crippen molar-refractivity contribution in [1.29, 1.82) is 0 Å². The van der Waals surface area contributed by atoms with E-state index < -0.39 is 0 Å². The van der Waals surface area contributed by atoms with Gasteiger partial charge in [-0.1, -0.05) is 18.2 Å². The van der Waals surface area contributed by atoms with Crippen LogP contribution in [0, 0.1) is 11.8 Å². The molecule has 1 amide bonds. The lowest BCUT2D eigenvalue weighted by molar-refractivity contribution is -0.125. The molecule has 2 rings (SSSR count). The molecule has 2 N–H and O–H groups in total. The van der Waals surface area contributed by atoms with E-state index >= 15 is 0 Å². The normalized spacial score (nSPS) is 33.5. The van der Waals surface area contributed by atoms with Crippen LogP contribution < -0.4 is 5.73 Å². The Bertz CT molecular complexity index is 335. The van der Waals surface area contributed by atoms with E-state index in [1.54, 1.807) is 6.08 Å². The van der Waals surface area contributed by atoms with Crippen LogP contribution in [0.2, 0.25) is 0 Å². The van der Waals surface area contributed by atoms with E-state index in [0.29, 0.717) is 17.9 Å². The first-order chi connectivity index (χ1) is 8.20. The van der Waals surface area contributed by atoms with Crippen LogP contribution in [0.1, 0.15) is 26.2 Å². The van der Waals surface area contributed by atoms with E-state index in [0.717, 1.165) is 25.9 Å². The number of carbonyl (C=O) groups excluding carboxylic acids is 1. The third kappa shape index (κ3) is 2.97. The summed E-state index contributed by atoms with van der Waals surface area (Å²) in [6, 6.07) is 0.352. The molecule has 17 heavy (non-hydrogen) atoms. The quantitative estimate of drug-likeness (QED) is 0.584. The SMILES string of the molecule is C/C=C/C=C/C(=O)N1C[C@H]2CC(N)CC[C@H]2C1. The predicted octanol–water partition coefficient (Wildman–Crippen LogP) is 1.70. The van der Waals surface area contributed by atoms with Crippen LogP contribution in [0.4, 0.5) is 0 Å². The summed E-state index contributed by atoms with van der Waals surface area (Å²) in [6.45, 7) is 3.77. The smallest absolute Gasteiger partial charge is 0.246 e. The Hall–Kier alpha value is -1.09. The van der Waals surface area contributed by atoms with Gasteiger partial charge in [-0.2, -0.15) is 0 Å². The minimum atomic E-state index is 0.145. The molecule has 0 spiro atoms. The summed E-state index contributed by atoms with van der Waals surface area (Å²) in [6.07, 6.45) is 10.7. The Kier molecular flexibility index (Phi) is 4.00. The number of nitrogens with two attached hydrogens (primary N) is 1. The van der Waals surface area contributed by atoms with Crippen molar-refractivity contribution in [3.63, 3.8) is 0 Å². The lowest BCUT2D eigenvalue weighted by Gasteiger charge is -2.27. The van der Waals surface area contributed by atoms with Crippen LogP contribution in [0.5, 0.6) is 0 Å². The largest absolute Gasteiger partial charge is 0.339 e. The molecular weight excluding hydrogens is 212 g/mol. The molecule has 3 atom stereocenters. The fraction of sp³-hybridized carbons (Fsp3) is 0.643. The number of likely N-dealkylation sites (tertiary alicyclic amines) is 1. The summed E-state index contributed by atoms with van der Waals surface area (Å²) in [5.41, 5.74) is 5.98. The Morgan fingerprint density at radius 2 is 2.00 bits per heavy atom. The zero-order valence-corrected chi connectivity index (χ0v) is 10.5. The molecule has 1 unspecified atom stereocenters. The van der Waals surface area contributed by atoms with E-state index in [1.165, 1.54) is 6.42 Å². The van der Waals surface area contributed by atoms with Crippen molar-refractivity contribution >= 4 is 5.91 Å². The second-order valence-electron chi connectivity index (χ2n) is 5.22. The number of rotatable bonds is 2. The van der Waals surface area contributed by atoms with Gasteiger partial charge in [-0.3, -0.25) is 4.79 Å². The highest BCUT2D eigenvalue weighted by molar-refractivity contribution is 5.88. The van der Waals surface area contributed by atoms with Gasteiger partial charge in [0.1, 0.15) is 0 Å². The van der Waals surface area contributed by atoms with Crippen molar-refractivity contribution in [3.8, 4) is 0 Å². The molecule has 2 aliphatic rings. The summed E-state index contributed by atoms with van der Waals surface area (Å²) in [4.78, 5) is 13.9. The van der Waals surface area contributed by atoms with Gasteiger partial charge in [-0.15, -0.1) is 0 Å². The Morgan fingerprint density at radius 1 is 1.24 bits per heavy atom. The van der Waals surface area contributed by atoms with Crippen molar-refractivity contribution in [2.24, 2.45) is 17.6 Å². The molecule has 1 heterocycles. The molecule has 1 saturated carbocycles. The number of fused-ring (bicyclic) bond motifs is 1. The minimum Gasteiger partial charge on any atom is -0.339 e. The molecule has 3 nitrogen and oxygen atoms in total. The molecule has 1 saturated heterocycles. The van der Waals surface area contributed by atoms with Gasteiger partial charge >= 0.3 is 0 Å². The van der Waals surface area contributed by atoms with E-state index in [4.69, 9.17) is 5.73 Å². The van der Waals surface area contributed by atoms with E-state index in [2.05, 4.69) is 0 Å². The number of carbonyl (C=O) groups is 1. The monoisotopic (exact) mass is 234 g/mol. The summed E-state index contributed by atoms with van der Waals surface area (Å²) in [7, 11) is 0. The highest BCUT2D eigenvalue weighted by Gasteiger charge is 2.37. The Balaban J connectivity index is 1.90. The van der Waals surface area contributed by atoms with Crippen molar-refractivity contribution in [2.45, 2.75) is 32.2 Å². The average molecular weight is 234 g/mol. The number of nitrogens with zero attached hydrogens (tertiary/aromatic N) is 1. The number of hydrogen-bond acceptors (Lipinski definition) is 2. The molecule has 0 aromatic heterocycles. The second-order valence-corrected chi connectivity index (χ2v) is 5.22. The zero-order chi connectivity index (χ0) is 12.3. The third-order valence-corrected chi connectivity index (χ3v) is 3.94. The summed E-state index contributed by atoms with van der Waals surface area (Å²) in [5, 5.41) is 0. The molecule has 3 heteroatoms. The fourth-order valence-electron chi connectivity index (χ4n) is 3.00. The average Bonchev–Trinajstić information content (AvgIpc) is 2.72. The molecule has 94 valence electrons. The molecule has 0 aromatic carbocycles. The van der Waals surface area contributed by atoms with Gasteiger partial charge in [0.15, 0.2) is 0 Å². The first-order valence-corrected chi connectivity index (χ1v) is 6.54. The highest BCUT2D eigenvalue weighted by Crippen LogP contribution is 2.35. The van der Waals surface area contributed by atoms with Crippen molar-refractivity contribution in [2.75, 3.05) is 13.1 Å². The molecule has 1 aliphatic heterocycles. The summed E-state index contributed by atoms with van der Waals surface area (Å²) < 4.78 is 0. The first-order valence-electron chi connectivity index (χ1n) is 6.54. The topological polar surface area (TPSA) is 46.3 Å². The van der Waals surface area contributed by atoms with E-state index in [-0.39, 0.29) is 5.91 Å². The summed E-state index contributed by atoms with van der Waals surface area (Å²) >= 11 is 0. The van der Waals surface area contributed by atoms with Crippen LogP contribution in [0.15, 0.2) is 24.3 Å². The van der Waals surface area contributed by atoms with Crippen LogP contribution in [0.3, 0.4) is 0 Å². The zero-order valence-electron chi connectivity index (χ0n) is 10.5. The van der Waals surface area contributed by atoms with Crippen LogP contribution in [0.25, 0.3) is 0 Å². The second kappa shape index (κ2) is 5.50. The van der Waals surface area contributed by atoms with Crippen LogP contribution >= 0.6 is 0 Å². The van der Waals surface area contributed by atoms with Gasteiger partial charge in [0, 0.05) is 25.2 Å². The van der Waals surface area contributed by atoms with Gasteiger partial charge in [0.2, 0.25) is 5.91 Å². The molecule has 1 aliphatic carbocycles.